The molecule has 1 aromatic rings. The molecule has 0 bridgehead atoms. The first kappa shape index (κ1) is 12.7. The summed E-state index contributed by atoms with van der Waals surface area (Å²) in [5.41, 5.74) is 8.88. The van der Waals surface area contributed by atoms with Gasteiger partial charge in [0, 0.05) is 18.2 Å². The summed E-state index contributed by atoms with van der Waals surface area (Å²) in [5.74, 6) is -0.0127. The van der Waals surface area contributed by atoms with Crippen molar-refractivity contribution in [3.05, 3.63) is 29.3 Å². The summed E-state index contributed by atoms with van der Waals surface area (Å²) in [4.78, 5) is 11.6. The van der Waals surface area contributed by atoms with E-state index in [1.807, 2.05) is 32.9 Å². The molecule has 1 atom stereocenters. The second-order valence-corrected chi connectivity index (χ2v) is 4.24. The Balaban J connectivity index is 2.63. The second kappa shape index (κ2) is 5.66. The Bertz CT molecular complexity index is 374. The lowest BCUT2D eigenvalue weighted by Gasteiger charge is -2.11. The summed E-state index contributed by atoms with van der Waals surface area (Å²) in [5, 5.41) is 2.88. The summed E-state index contributed by atoms with van der Waals surface area (Å²) in [6.45, 7) is 6.00. The number of carbonyl (C=O) groups is 1. The van der Waals surface area contributed by atoms with Crippen molar-refractivity contribution in [3.63, 3.8) is 0 Å². The predicted molar refractivity (Wildman–Crippen MR) is 67.4 cm³/mol. The lowest BCUT2D eigenvalue weighted by molar-refractivity contribution is -0.116. The van der Waals surface area contributed by atoms with Gasteiger partial charge < -0.3 is 11.1 Å². The molecule has 0 spiro atoms. The Morgan fingerprint density at radius 3 is 2.69 bits per heavy atom. The van der Waals surface area contributed by atoms with E-state index in [-0.39, 0.29) is 11.9 Å². The number of anilines is 1. The predicted octanol–water partition coefficient (Wildman–Crippen LogP) is 2.37. The van der Waals surface area contributed by atoms with Crippen LogP contribution in [0.1, 0.15) is 30.9 Å². The van der Waals surface area contributed by atoms with Crippen LogP contribution in [-0.2, 0) is 4.79 Å². The minimum Gasteiger partial charge on any atom is -0.327 e. The van der Waals surface area contributed by atoms with Crippen molar-refractivity contribution in [2.24, 2.45) is 5.73 Å². The lowest BCUT2D eigenvalue weighted by Crippen LogP contribution is -2.26. The summed E-state index contributed by atoms with van der Waals surface area (Å²) < 4.78 is 0. The maximum atomic E-state index is 11.6. The van der Waals surface area contributed by atoms with Crippen LogP contribution in [0.2, 0.25) is 0 Å². The van der Waals surface area contributed by atoms with E-state index in [1.54, 1.807) is 0 Å². The van der Waals surface area contributed by atoms with E-state index in [1.165, 1.54) is 5.56 Å². The van der Waals surface area contributed by atoms with Gasteiger partial charge in [0.05, 0.1) is 0 Å². The van der Waals surface area contributed by atoms with Crippen LogP contribution >= 0.6 is 0 Å². The van der Waals surface area contributed by atoms with Crippen molar-refractivity contribution in [1.82, 2.24) is 0 Å². The van der Waals surface area contributed by atoms with E-state index in [2.05, 4.69) is 11.4 Å². The van der Waals surface area contributed by atoms with Crippen molar-refractivity contribution in [2.45, 2.75) is 39.7 Å². The molecule has 1 amide bonds. The van der Waals surface area contributed by atoms with E-state index in [0.717, 1.165) is 17.7 Å². The molecule has 0 aliphatic carbocycles. The number of hydrogen-bond acceptors (Lipinski definition) is 2. The minimum atomic E-state index is -0.0502. The number of benzene rings is 1. The average Bonchev–Trinajstić information content (AvgIpc) is 2.22. The van der Waals surface area contributed by atoms with Crippen molar-refractivity contribution >= 4 is 11.6 Å². The fourth-order valence-electron chi connectivity index (χ4n) is 1.54. The highest BCUT2D eigenvalue weighted by atomic mass is 16.1. The molecule has 16 heavy (non-hydrogen) atoms. The normalized spacial score (nSPS) is 12.2. The molecular weight excluding hydrogens is 200 g/mol. The third-order valence-electron chi connectivity index (χ3n) is 2.63. The summed E-state index contributed by atoms with van der Waals surface area (Å²) in [7, 11) is 0. The van der Waals surface area contributed by atoms with Crippen LogP contribution in [0.4, 0.5) is 5.69 Å². The maximum Gasteiger partial charge on any atom is 0.225 e. The molecule has 0 fully saturated rings. The molecule has 1 unspecified atom stereocenters. The van der Waals surface area contributed by atoms with Gasteiger partial charge in [-0.1, -0.05) is 24.6 Å². The summed E-state index contributed by atoms with van der Waals surface area (Å²) >= 11 is 0. The van der Waals surface area contributed by atoms with Crippen molar-refractivity contribution in [1.29, 1.82) is 0 Å². The molecule has 0 saturated heterocycles. The van der Waals surface area contributed by atoms with Crippen LogP contribution in [0.25, 0.3) is 0 Å². The second-order valence-electron chi connectivity index (χ2n) is 4.24. The molecule has 88 valence electrons. The van der Waals surface area contributed by atoms with Crippen LogP contribution in [0.5, 0.6) is 0 Å². The smallest absolute Gasteiger partial charge is 0.225 e. The van der Waals surface area contributed by atoms with Crippen molar-refractivity contribution in [2.75, 3.05) is 5.32 Å². The van der Waals surface area contributed by atoms with Crippen LogP contribution in [-0.4, -0.2) is 11.9 Å². The number of nitrogens with two attached hydrogens (primary N) is 1. The third-order valence-corrected chi connectivity index (χ3v) is 2.63. The number of hydrogen-bond donors (Lipinski definition) is 2. The van der Waals surface area contributed by atoms with E-state index < -0.39 is 0 Å². The van der Waals surface area contributed by atoms with Gasteiger partial charge in [0.25, 0.3) is 0 Å². The molecule has 1 aromatic carbocycles. The van der Waals surface area contributed by atoms with E-state index in [4.69, 9.17) is 5.73 Å². The average molecular weight is 220 g/mol. The van der Waals surface area contributed by atoms with Crippen LogP contribution in [0, 0.1) is 13.8 Å². The van der Waals surface area contributed by atoms with Gasteiger partial charge in [0.1, 0.15) is 0 Å². The van der Waals surface area contributed by atoms with Gasteiger partial charge >= 0.3 is 0 Å². The van der Waals surface area contributed by atoms with Gasteiger partial charge in [-0.05, 0) is 31.9 Å². The highest BCUT2D eigenvalue weighted by molar-refractivity contribution is 5.91. The van der Waals surface area contributed by atoms with E-state index >= 15 is 0 Å². The van der Waals surface area contributed by atoms with Gasteiger partial charge in [-0.25, -0.2) is 0 Å². The monoisotopic (exact) mass is 220 g/mol. The highest BCUT2D eigenvalue weighted by Gasteiger charge is 2.08. The Morgan fingerprint density at radius 1 is 1.44 bits per heavy atom. The molecule has 0 aliphatic rings. The van der Waals surface area contributed by atoms with Crippen LogP contribution < -0.4 is 11.1 Å². The van der Waals surface area contributed by atoms with E-state index in [9.17, 15) is 4.79 Å². The number of amides is 1. The fourth-order valence-corrected chi connectivity index (χ4v) is 1.54. The molecule has 0 saturated carbocycles. The Morgan fingerprint density at radius 2 is 2.12 bits per heavy atom. The van der Waals surface area contributed by atoms with Gasteiger partial charge in [0.15, 0.2) is 0 Å². The zero-order valence-electron chi connectivity index (χ0n) is 10.2. The fraction of sp³-hybridized carbons (Fsp3) is 0.462. The van der Waals surface area contributed by atoms with Gasteiger partial charge in [-0.2, -0.15) is 0 Å². The largest absolute Gasteiger partial charge is 0.327 e. The summed E-state index contributed by atoms with van der Waals surface area (Å²) in [6.07, 6.45) is 1.20. The molecular formula is C13H20N2O. The highest BCUT2D eigenvalue weighted by Crippen LogP contribution is 2.16. The molecule has 3 N–H and O–H groups in total. The molecule has 0 aromatic heterocycles. The zero-order chi connectivity index (χ0) is 12.1. The number of nitrogens with one attached hydrogen (secondary N) is 1. The quantitative estimate of drug-likeness (QED) is 0.818. The van der Waals surface area contributed by atoms with Crippen LogP contribution in [0.3, 0.4) is 0 Å². The first-order chi connectivity index (χ1) is 7.52. The van der Waals surface area contributed by atoms with Crippen LogP contribution in [0.15, 0.2) is 18.2 Å². The first-order valence-electron chi connectivity index (χ1n) is 5.65. The first-order valence-corrected chi connectivity index (χ1v) is 5.65. The number of aryl methyl sites for hydroxylation is 2. The third kappa shape index (κ3) is 3.66. The molecule has 0 aliphatic heterocycles. The lowest BCUT2D eigenvalue weighted by atomic mass is 10.1. The molecule has 0 heterocycles. The molecule has 3 nitrogen and oxygen atoms in total. The molecule has 1 rings (SSSR count). The Hall–Kier alpha value is -1.35. The van der Waals surface area contributed by atoms with E-state index in [0.29, 0.717) is 6.42 Å². The minimum absolute atomic E-state index is 0.0127. The number of carbonyl (C=O) groups excluding carboxylic acids is 1. The Kier molecular flexibility index (Phi) is 4.50. The standard InChI is InChI=1S/C13H20N2O/c1-4-11(14)8-13(16)15-12-6-5-9(2)7-10(12)3/h5-7,11H,4,8,14H2,1-3H3,(H,15,16). The summed E-state index contributed by atoms with van der Waals surface area (Å²) in [6, 6.07) is 5.92. The topological polar surface area (TPSA) is 55.1 Å². The van der Waals surface area contributed by atoms with Crippen molar-refractivity contribution < 1.29 is 4.79 Å². The zero-order valence-corrected chi connectivity index (χ0v) is 10.2. The van der Waals surface area contributed by atoms with Gasteiger partial charge in [-0.15, -0.1) is 0 Å². The van der Waals surface area contributed by atoms with Crippen molar-refractivity contribution in [3.8, 4) is 0 Å². The van der Waals surface area contributed by atoms with Gasteiger partial charge in [-0.3, -0.25) is 4.79 Å². The SMILES string of the molecule is CCC(N)CC(=O)Nc1ccc(C)cc1C. The Labute approximate surface area is 97.0 Å². The maximum absolute atomic E-state index is 11.6. The van der Waals surface area contributed by atoms with Gasteiger partial charge in [0.2, 0.25) is 5.91 Å². The molecule has 0 radical (unpaired) electrons. The molecule has 3 heteroatoms. The number of rotatable bonds is 4.